The van der Waals surface area contributed by atoms with Crippen molar-refractivity contribution in [2.75, 3.05) is 9.80 Å². The molecule has 4 aromatic heterocycles. The minimum absolute atomic E-state index is 0.418. The zero-order chi connectivity index (χ0) is 51.9. The first kappa shape index (κ1) is 44.5. The number of rotatable bonds is 8. The van der Waals surface area contributed by atoms with Crippen molar-refractivity contribution in [1.82, 2.24) is 0 Å². The van der Waals surface area contributed by atoms with Gasteiger partial charge in [-0.15, -0.1) is 0 Å². The Balaban J connectivity index is 0.780. The van der Waals surface area contributed by atoms with Crippen LogP contribution in [0.2, 0.25) is 0 Å². The van der Waals surface area contributed by atoms with Crippen LogP contribution in [0.1, 0.15) is 50.7 Å². The number of furan rings is 4. The molecule has 0 aliphatic carbocycles. The molecule has 16 aromatic rings. The molecule has 0 amide bonds. The van der Waals surface area contributed by atoms with Crippen LogP contribution in [0.3, 0.4) is 0 Å². The summed E-state index contributed by atoms with van der Waals surface area (Å²) in [7, 11) is 0. The predicted octanol–water partition coefficient (Wildman–Crippen LogP) is 21.9. The van der Waals surface area contributed by atoms with Gasteiger partial charge in [0, 0.05) is 101 Å². The van der Waals surface area contributed by atoms with Crippen LogP contribution < -0.4 is 9.80 Å². The van der Waals surface area contributed by atoms with Crippen molar-refractivity contribution in [2.45, 2.75) is 39.5 Å². The Morgan fingerprint density at radius 1 is 0.231 bits per heavy atom. The molecule has 6 nitrogen and oxygen atoms in total. The van der Waals surface area contributed by atoms with Crippen molar-refractivity contribution in [1.29, 1.82) is 0 Å². The summed E-state index contributed by atoms with van der Waals surface area (Å²) in [6.07, 6.45) is 0. The first-order valence-electron chi connectivity index (χ1n) is 27.0. The topological polar surface area (TPSA) is 59.0 Å². The van der Waals surface area contributed by atoms with E-state index in [0.717, 1.165) is 143 Å². The molecule has 0 bridgehead atoms. The molecule has 0 unspecified atom stereocenters. The van der Waals surface area contributed by atoms with Gasteiger partial charge in [0.15, 0.2) is 0 Å². The largest absolute Gasteiger partial charge is 0.456 e. The third-order valence-corrected chi connectivity index (χ3v) is 16.3. The van der Waals surface area contributed by atoms with Gasteiger partial charge in [-0.05, 0) is 177 Å². The standard InChI is InChI=1S/C72H50N2O4/c1-41(2)43-13-17-51(18-14-43)73(53-21-25-57-61-29-45-9-5-7-11-47(45)33-65(61)75-69(57)37-53)55-23-27-59-63-31-49-36-68-64(32-50(49)35-67(63)77-71(59)39-55)60-28-24-56(40-72(60)78-68)74(52-19-15-44(16-20-52)42(3)4)54-22-26-58-62-30-46-10-6-8-12-48(46)34-66(62)76-70(58)38-54/h5-42H,1-4H3. The SMILES string of the molecule is CC(C)c1ccc(N(c2ccc3c(c2)oc2cc4ccccc4cc23)c2ccc3c(c2)oc2cc4cc5c(cc4cc23)oc2cc(N(c3ccc(C(C)C)cc3)c3ccc4c(c3)oc3cc6ccccc6cc34)ccc25)cc1. The molecular formula is C72H50N2O4. The Morgan fingerprint density at radius 3 is 0.769 bits per heavy atom. The lowest BCUT2D eigenvalue weighted by molar-refractivity contribution is 0.668. The van der Waals surface area contributed by atoms with Gasteiger partial charge in [0.2, 0.25) is 0 Å². The summed E-state index contributed by atoms with van der Waals surface area (Å²) in [6.45, 7) is 8.92. The number of nitrogens with zero attached hydrogens (tertiary/aromatic N) is 2. The van der Waals surface area contributed by atoms with Gasteiger partial charge in [0.1, 0.15) is 44.7 Å². The number of anilines is 6. The second kappa shape index (κ2) is 16.9. The summed E-state index contributed by atoms with van der Waals surface area (Å²) in [5.74, 6) is 0.836. The van der Waals surface area contributed by atoms with Crippen LogP contribution in [0.25, 0.3) is 120 Å². The molecule has 0 atom stereocenters. The smallest absolute Gasteiger partial charge is 0.137 e. The molecule has 16 rings (SSSR count). The van der Waals surface area contributed by atoms with E-state index >= 15 is 0 Å². The maximum absolute atomic E-state index is 6.83. The van der Waals surface area contributed by atoms with Crippen LogP contribution in [0.5, 0.6) is 0 Å². The lowest BCUT2D eigenvalue weighted by atomic mass is 10.0. The average Bonchev–Trinajstić information content (AvgIpc) is 4.31. The van der Waals surface area contributed by atoms with E-state index < -0.39 is 0 Å². The van der Waals surface area contributed by atoms with Gasteiger partial charge in [-0.2, -0.15) is 0 Å². The molecule has 0 spiro atoms. The number of hydrogen-bond donors (Lipinski definition) is 0. The second-order valence-electron chi connectivity index (χ2n) is 21.7. The van der Waals surface area contributed by atoms with E-state index in [2.05, 4.69) is 256 Å². The van der Waals surface area contributed by atoms with Crippen LogP contribution in [0.4, 0.5) is 34.1 Å². The summed E-state index contributed by atoms with van der Waals surface area (Å²) in [6, 6.07) is 78.5. The zero-order valence-corrected chi connectivity index (χ0v) is 43.5. The predicted molar refractivity (Wildman–Crippen MR) is 326 cm³/mol. The third-order valence-electron chi connectivity index (χ3n) is 16.3. The molecule has 372 valence electrons. The maximum Gasteiger partial charge on any atom is 0.137 e. The van der Waals surface area contributed by atoms with Crippen LogP contribution in [-0.2, 0) is 0 Å². The fourth-order valence-corrected chi connectivity index (χ4v) is 12.1. The van der Waals surface area contributed by atoms with E-state index in [9.17, 15) is 0 Å². The van der Waals surface area contributed by atoms with E-state index in [1.165, 1.54) is 21.9 Å². The summed E-state index contributed by atoms with van der Waals surface area (Å²) < 4.78 is 26.9. The second-order valence-corrected chi connectivity index (χ2v) is 21.7. The Morgan fingerprint density at radius 2 is 0.474 bits per heavy atom. The molecule has 0 saturated heterocycles. The molecule has 0 aliphatic heterocycles. The highest BCUT2D eigenvalue weighted by Gasteiger charge is 2.22. The summed E-state index contributed by atoms with van der Waals surface area (Å²) in [5.41, 5.74) is 15.4. The average molecular weight is 1010 g/mol. The van der Waals surface area contributed by atoms with Crippen molar-refractivity contribution in [2.24, 2.45) is 0 Å². The molecule has 12 aromatic carbocycles. The molecule has 0 saturated carbocycles. The maximum atomic E-state index is 6.83. The Bertz CT molecular complexity index is 4790. The Hall–Kier alpha value is -9.78. The molecule has 78 heavy (non-hydrogen) atoms. The Labute approximate surface area is 448 Å². The minimum Gasteiger partial charge on any atom is -0.456 e. The van der Waals surface area contributed by atoms with Crippen LogP contribution in [-0.4, -0.2) is 0 Å². The first-order chi connectivity index (χ1) is 38.2. The van der Waals surface area contributed by atoms with Crippen molar-refractivity contribution >= 4 is 154 Å². The summed E-state index contributed by atoms with van der Waals surface area (Å²) >= 11 is 0. The van der Waals surface area contributed by atoms with Crippen molar-refractivity contribution in [3.05, 3.63) is 230 Å². The highest BCUT2D eigenvalue weighted by molar-refractivity contribution is 6.17. The highest BCUT2D eigenvalue weighted by atomic mass is 16.3. The Kier molecular flexibility index (Phi) is 9.62. The van der Waals surface area contributed by atoms with Gasteiger partial charge in [-0.3, -0.25) is 0 Å². The number of hydrogen-bond acceptors (Lipinski definition) is 6. The van der Waals surface area contributed by atoms with Gasteiger partial charge >= 0.3 is 0 Å². The van der Waals surface area contributed by atoms with Gasteiger partial charge in [-0.1, -0.05) is 100 Å². The molecule has 4 heterocycles. The van der Waals surface area contributed by atoms with Gasteiger partial charge in [0.25, 0.3) is 0 Å². The van der Waals surface area contributed by atoms with Crippen LogP contribution in [0, 0.1) is 0 Å². The zero-order valence-electron chi connectivity index (χ0n) is 43.5. The highest BCUT2D eigenvalue weighted by Crippen LogP contribution is 2.45. The van der Waals surface area contributed by atoms with Crippen LogP contribution in [0.15, 0.2) is 236 Å². The monoisotopic (exact) mass is 1010 g/mol. The van der Waals surface area contributed by atoms with E-state index in [-0.39, 0.29) is 0 Å². The number of benzene rings is 12. The van der Waals surface area contributed by atoms with Gasteiger partial charge in [0.05, 0.1) is 0 Å². The quantitative estimate of drug-likeness (QED) is 0.151. The van der Waals surface area contributed by atoms with Gasteiger partial charge < -0.3 is 27.5 Å². The minimum atomic E-state index is 0.418. The van der Waals surface area contributed by atoms with E-state index in [0.29, 0.717) is 11.8 Å². The summed E-state index contributed by atoms with van der Waals surface area (Å²) in [4.78, 5) is 4.59. The summed E-state index contributed by atoms with van der Waals surface area (Å²) in [5, 5.41) is 15.5. The molecule has 0 N–H and O–H groups in total. The first-order valence-corrected chi connectivity index (χ1v) is 27.0. The molecule has 0 aliphatic rings. The lowest BCUT2D eigenvalue weighted by Gasteiger charge is -2.26. The van der Waals surface area contributed by atoms with Crippen molar-refractivity contribution in [3.8, 4) is 0 Å². The van der Waals surface area contributed by atoms with E-state index in [1.54, 1.807) is 0 Å². The fraction of sp³-hybridized carbons (Fsp3) is 0.0833. The van der Waals surface area contributed by atoms with Crippen molar-refractivity contribution < 1.29 is 17.7 Å². The van der Waals surface area contributed by atoms with Crippen molar-refractivity contribution in [3.63, 3.8) is 0 Å². The van der Waals surface area contributed by atoms with Crippen LogP contribution >= 0.6 is 0 Å². The van der Waals surface area contributed by atoms with Gasteiger partial charge in [-0.25, -0.2) is 0 Å². The normalized spacial score (nSPS) is 12.3. The third kappa shape index (κ3) is 7.03. The molecule has 6 heteroatoms. The number of fused-ring (bicyclic) bond motifs is 15. The molecule has 0 radical (unpaired) electrons. The molecular weight excluding hydrogens is 957 g/mol. The van der Waals surface area contributed by atoms with E-state index in [4.69, 9.17) is 17.7 Å². The fourth-order valence-electron chi connectivity index (χ4n) is 12.1. The lowest BCUT2D eigenvalue weighted by Crippen LogP contribution is -2.10. The van der Waals surface area contributed by atoms with E-state index in [1.807, 2.05) is 0 Å². The molecule has 0 fully saturated rings.